The molecule has 0 radical (unpaired) electrons. The van der Waals surface area contributed by atoms with Gasteiger partial charge in [-0.25, -0.2) is 4.79 Å². The highest BCUT2D eigenvalue weighted by molar-refractivity contribution is 5.66. The molecule has 8 heteroatoms. The van der Waals surface area contributed by atoms with Crippen LogP contribution in [-0.2, 0) is 17.5 Å². The molecule has 1 amide bonds. The van der Waals surface area contributed by atoms with Crippen molar-refractivity contribution >= 4 is 12.2 Å². The summed E-state index contributed by atoms with van der Waals surface area (Å²) in [6.07, 6.45) is -3.20. The van der Waals surface area contributed by atoms with Crippen LogP contribution in [-0.4, -0.2) is 17.8 Å². The molecule has 0 aliphatic carbocycles. The first-order valence-electron chi connectivity index (χ1n) is 10.5. The van der Waals surface area contributed by atoms with E-state index in [1.54, 1.807) is 61.5 Å². The molecule has 0 aliphatic heterocycles. The van der Waals surface area contributed by atoms with Gasteiger partial charge >= 0.3 is 12.3 Å². The summed E-state index contributed by atoms with van der Waals surface area (Å²) in [7, 11) is 0. The fraction of sp³-hybridized carbons (Fsp3) is 0.192. The van der Waals surface area contributed by atoms with E-state index in [0.717, 1.165) is 11.6 Å². The second kappa shape index (κ2) is 11.3. The van der Waals surface area contributed by atoms with Crippen molar-refractivity contribution in [1.82, 2.24) is 5.32 Å². The zero-order valence-electron chi connectivity index (χ0n) is 18.4. The Kier molecular flexibility index (Phi) is 8.19. The van der Waals surface area contributed by atoms with E-state index in [2.05, 4.69) is 5.32 Å². The van der Waals surface area contributed by atoms with Gasteiger partial charge in [0.05, 0.1) is 24.5 Å². The van der Waals surface area contributed by atoms with Crippen LogP contribution in [0.5, 0.6) is 5.75 Å². The molecule has 3 aromatic carbocycles. The van der Waals surface area contributed by atoms with Gasteiger partial charge in [-0.1, -0.05) is 54.6 Å². The average Bonchev–Trinajstić information content (AvgIpc) is 2.82. The van der Waals surface area contributed by atoms with E-state index in [9.17, 15) is 23.1 Å². The lowest BCUT2D eigenvalue weighted by Gasteiger charge is -2.19. The van der Waals surface area contributed by atoms with Crippen LogP contribution in [0.3, 0.4) is 0 Å². The van der Waals surface area contributed by atoms with E-state index in [4.69, 9.17) is 9.47 Å². The molecule has 0 unspecified atom stereocenters. The summed E-state index contributed by atoms with van der Waals surface area (Å²) in [6, 6.07) is 19.2. The second-order valence-electron chi connectivity index (χ2n) is 7.33. The quantitative estimate of drug-likeness (QED) is 0.343. The number of alkyl halides is 3. The van der Waals surface area contributed by atoms with E-state index in [1.165, 1.54) is 18.4 Å². The normalized spacial score (nSPS) is 12.4. The number of carbonyl (C=O) groups is 1. The van der Waals surface area contributed by atoms with E-state index in [0.29, 0.717) is 23.5 Å². The van der Waals surface area contributed by atoms with Crippen molar-refractivity contribution in [2.45, 2.75) is 25.7 Å². The van der Waals surface area contributed by atoms with Gasteiger partial charge in [0.25, 0.3) is 0 Å². The molecule has 178 valence electrons. The third kappa shape index (κ3) is 6.78. The fourth-order valence-corrected chi connectivity index (χ4v) is 3.38. The van der Waals surface area contributed by atoms with Crippen LogP contribution in [0.1, 0.15) is 40.8 Å². The second-order valence-corrected chi connectivity index (χ2v) is 7.33. The first kappa shape index (κ1) is 24.7. The summed E-state index contributed by atoms with van der Waals surface area (Å²) in [6.45, 7) is 2.00. The lowest BCUT2D eigenvalue weighted by Crippen LogP contribution is -2.27. The number of ether oxygens (including phenoxy) is 2. The third-order valence-corrected chi connectivity index (χ3v) is 4.93. The van der Waals surface area contributed by atoms with Gasteiger partial charge in [-0.05, 0) is 53.5 Å². The lowest BCUT2D eigenvalue weighted by atomic mass is 9.98. The van der Waals surface area contributed by atoms with Crippen LogP contribution in [0.25, 0.3) is 6.08 Å². The molecular formula is C26H24F3NO4. The van der Waals surface area contributed by atoms with E-state index >= 15 is 0 Å². The van der Waals surface area contributed by atoms with Gasteiger partial charge in [0.15, 0.2) is 0 Å². The topological polar surface area (TPSA) is 67.8 Å². The van der Waals surface area contributed by atoms with Gasteiger partial charge in [0.1, 0.15) is 12.4 Å². The maximum absolute atomic E-state index is 13.5. The highest BCUT2D eigenvalue weighted by Gasteiger charge is 2.33. The van der Waals surface area contributed by atoms with Gasteiger partial charge in [-0.3, -0.25) is 0 Å². The highest BCUT2D eigenvalue weighted by atomic mass is 19.4. The van der Waals surface area contributed by atoms with Gasteiger partial charge in [-0.2, -0.15) is 13.2 Å². The Balaban J connectivity index is 1.81. The molecule has 5 nitrogen and oxygen atoms in total. The zero-order chi connectivity index (χ0) is 24.6. The molecular weight excluding hydrogens is 447 g/mol. The first-order valence-corrected chi connectivity index (χ1v) is 10.5. The van der Waals surface area contributed by atoms with Crippen molar-refractivity contribution in [1.29, 1.82) is 0 Å². The summed E-state index contributed by atoms with van der Waals surface area (Å²) in [5, 5.41) is 11.7. The van der Waals surface area contributed by atoms with Crippen molar-refractivity contribution in [3.8, 4) is 5.75 Å². The summed E-state index contributed by atoms with van der Waals surface area (Å²) in [5.74, 6) is 0.402. The van der Waals surface area contributed by atoms with Crippen LogP contribution >= 0.6 is 0 Å². The number of nitrogens with one attached hydrogen (secondary N) is 1. The van der Waals surface area contributed by atoms with Crippen LogP contribution in [0.15, 0.2) is 79.1 Å². The molecule has 0 aromatic heterocycles. The van der Waals surface area contributed by atoms with E-state index in [1.807, 2.05) is 6.07 Å². The number of amides is 1. The highest BCUT2D eigenvalue weighted by Crippen LogP contribution is 2.34. The number of halogens is 3. The molecule has 0 spiro atoms. The van der Waals surface area contributed by atoms with Crippen molar-refractivity contribution in [3.63, 3.8) is 0 Å². The molecule has 0 aliphatic rings. The Morgan fingerprint density at radius 2 is 1.76 bits per heavy atom. The van der Waals surface area contributed by atoms with Crippen LogP contribution in [0, 0.1) is 0 Å². The summed E-state index contributed by atoms with van der Waals surface area (Å²) < 4.78 is 51.4. The van der Waals surface area contributed by atoms with Crippen molar-refractivity contribution < 1.29 is 32.5 Å². The smallest absolute Gasteiger partial charge is 0.416 e. The standard InChI is InChI=1S/C26H24F3NO4/c1-2-33-14-13-19-12-11-18(15-23(19)26(27,28)29)17-34-22-10-6-9-21(16-22)24(30-25(31)32)20-7-4-3-5-8-20/h3-16,24,30H,2,17H2,1H3,(H,31,32)/t24-/m0/s1. The number of rotatable bonds is 9. The summed E-state index contributed by atoms with van der Waals surface area (Å²) in [5.41, 5.74) is 0.936. The monoisotopic (exact) mass is 471 g/mol. The van der Waals surface area contributed by atoms with Gasteiger partial charge in [0, 0.05) is 0 Å². The maximum atomic E-state index is 13.5. The summed E-state index contributed by atoms with van der Waals surface area (Å²) in [4.78, 5) is 11.3. The Labute approximate surface area is 195 Å². The van der Waals surface area contributed by atoms with E-state index < -0.39 is 23.9 Å². The largest absolute Gasteiger partial charge is 0.501 e. The SMILES string of the molecule is CCOC=Cc1ccc(COc2cccc([C@@H](NC(=O)O)c3ccccc3)c2)cc1C(F)(F)F. The minimum absolute atomic E-state index is 0.00264. The van der Waals surface area contributed by atoms with Crippen molar-refractivity contribution in [2.24, 2.45) is 0 Å². The van der Waals surface area contributed by atoms with Gasteiger partial charge in [-0.15, -0.1) is 0 Å². The number of carboxylic acid groups (broad SMARTS) is 1. The molecule has 3 rings (SSSR count). The van der Waals surface area contributed by atoms with E-state index in [-0.39, 0.29) is 12.2 Å². The Morgan fingerprint density at radius 1 is 1.03 bits per heavy atom. The average molecular weight is 471 g/mol. The fourth-order valence-electron chi connectivity index (χ4n) is 3.38. The van der Waals surface area contributed by atoms with Crippen molar-refractivity contribution in [2.75, 3.05) is 6.61 Å². The molecule has 0 bridgehead atoms. The molecule has 0 saturated heterocycles. The molecule has 0 fully saturated rings. The Bertz CT molecular complexity index is 1130. The molecule has 1 atom stereocenters. The van der Waals surface area contributed by atoms with Crippen molar-refractivity contribution in [3.05, 3.63) is 107 Å². The van der Waals surface area contributed by atoms with Gasteiger partial charge < -0.3 is 19.9 Å². The molecule has 3 aromatic rings. The number of hydrogen-bond donors (Lipinski definition) is 2. The van der Waals surface area contributed by atoms with Crippen LogP contribution in [0.2, 0.25) is 0 Å². The van der Waals surface area contributed by atoms with Crippen LogP contribution < -0.4 is 10.1 Å². The first-order chi connectivity index (χ1) is 16.3. The maximum Gasteiger partial charge on any atom is 0.416 e. The zero-order valence-corrected chi connectivity index (χ0v) is 18.4. The lowest BCUT2D eigenvalue weighted by molar-refractivity contribution is -0.137. The minimum Gasteiger partial charge on any atom is -0.501 e. The van der Waals surface area contributed by atoms with Crippen LogP contribution in [0.4, 0.5) is 18.0 Å². The third-order valence-electron chi connectivity index (χ3n) is 4.93. The van der Waals surface area contributed by atoms with Gasteiger partial charge in [0.2, 0.25) is 0 Å². The molecule has 34 heavy (non-hydrogen) atoms. The Hall–Kier alpha value is -3.94. The molecule has 0 heterocycles. The predicted molar refractivity (Wildman–Crippen MR) is 122 cm³/mol. The molecule has 2 N–H and O–H groups in total. The number of hydrogen-bond acceptors (Lipinski definition) is 3. The number of benzene rings is 3. The molecule has 0 saturated carbocycles. The Morgan fingerprint density at radius 3 is 2.44 bits per heavy atom. The minimum atomic E-state index is -4.53. The summed E-state index contributed by atoms with van der Waals surface area (Å²) >= 11 is 0. The predicted octanol–water partition coefficient (Wildman–Crippen LogP) is 6.65.